The molecule has 11 heteroatoms. The first-order chi connectivity index (χ1) is 29.7. The molecule has 5 fully saturated rings. The lowest BCUT2D eigenvalue weighted by Gasteiger charge is -2.37. The van der Waals surface area contributed by atoms with Crippen LogP contribution in [-0.4, -0.2) is 58.4 Å². The highest BCUT2D eigenvalue weighted by Gasteiger charge is 2.46. The summed E-state index contributed by atoms with van der Waals surface area (Å²) in [5.74, 6) is 5.14. The van der Waals surface area contributed by atoms with Crippen LogP contribution in [0.15, 0.2) is 33.6 Å². The van der Waals surface area contributed by atoms with Gasteiger partial charge in [-0.1, -0.05) is 78.1 Å². The number of hydrogen-bond acceptors (Lipinski definition) is 10. The zero-order valence-corrected chi connectivity index (χ0v) is 39.2. The molecule has 2 unspecified atom stereocenters. The quantitative estimate of drug-likeness (QED) is 0.0530. The van der Waals surface area contributed by atoms with Crippen molar-refractivity contribution in [2.45, 2.75) is 198 Å². The van der Waals surface area contributed by atoms with Gasteiger partial charge in [-0.25, -0.2) is 4.85 Å². The lowest BCUT2D eigenvalue weighted by atomic mass is 9.68. The standard InChI is InChI=1S/C50H77NO8S2/c1-5-7-11-34-13-17-36(18-14-34)38-21-25-40(26-22-38)47(53)58-42-29-30-43(46-45(42)60-50(61-46)44(51-4)49(55)57-32-10-9-31-56-33(3)52)59-48(54)41-27-23-39(24-28-41)37-19-15-35(16-20-37)12-8-6-2/h29-30,33-41,45-46,49,52,55H,5-28,31-32H2,1-3H3/t33-,34?,35?,36?,37?,38?,39?,40?,41?,45?,46?,49-/m1/s1. The number of carbonyl (C=O) groups is 2. The van der Waals surface area contributed by atoms with Gasteiger partial charge in [0.1, 0.15) is 11.5 Å². The molecule has 5 aliphatic carbocycles. The van der Waals surface area contributed by atoms with Gasteiger partial charge in [-0.05, 0) is 144 Å². The highest BCUT2D eigenvalue weighted by molar-refractivity contribution is 8.26. The second-order valence-corrected chi connectivity index (χ2v) is 21.9. The van der Waals surface area contributed by atoms with E-state index in [4.69, 9.17) is 25.5 Å². The Morgan fingerprint density at radius 3 is 1.41 bits per heavy atom. The van der Waals surface area contributed by atoms with Gasteiger partial charge in [-0.2, -0.15) is 0 Å². The van der Waals surface area contributed by atoms with E-state index in [1.54, 1.807) is 19.1 Å². The monoisotopic (exact) mass is 884 g/mol. The van der Waals surface area contributed by atoms with Crippen molar-refractivity contribution in [1.29, 1.82) is 0 Å². The maximum atomic E-state index is 13.8. The van der Waals surface area contributed by atoms with Crippen molar-refractivity contribution in [2.24, 2.45) is 47.3 Å². The number of hydrogen-bond donors (Lipinski definition) is 2. The number of unbranched alkanes of at least 4 members (excludes halogenated alkanes) is 3. The second-order valence-electron chi connectivity index (χ2n) is 19.3. The number of aliphatic hydroxyl groups excluding tert-OH is 2. The fourth-order valence-electron chi connectivity index (χ4n) is 11.3. The molecule has 0 bridgehead atoms. The van der Waals surface area contributed by atoms with Crippen LogP contribution in [0.1, 0.15) is 175 Å². The van der Waals surface area contributed by atoms with Gasteiger partial charge in [0.05, 0.1) is 28.9 Å². The lowest BCUT2D eigenvalue weighted by molar-refractivity contribution is -0.147. The third kappa shape index (κ3) is 14.1. The number of nitrogens with zero attached hydrogens (tertiary/aromatic N) is 1. The summed E-state index contributed by atoms with van der Waals surface area (Å²) in [5.41, 5.74) is 0.0800. The molecule has 4 saturated carbocycles. The van der Waals surface area contributed by atoms with Crippen molar-refractivity contribution in [1.82, 2.24) is 0 Å². The summed E-state index contributed by atoms with van der Waals surface area (Å²) in [7, 11) is 0. The van der Waals surface area contributed by atoms with Gasteiger partial charge in [0.25, 0.3) is 0 Å². The predicted molar refractivity (Wildman–Crippen MR) is 244 cm³/mol. The van der Waals surface area contributed by atoms with Gasteiger partial charge in [0.2, 0.25) is 5.70 Å². The summed E-state index contributed by atoms with van der Waals surface area (Å²) < 4.78 is 24.0. The van der Waals surface area contributed by atoms with E-state index in [9.17, 15) is 19.8 Å². The lowest BCUT2D eigenvalue weighted by Crippen LogP contribution is -2.33. The molecule has 9 nitrogen and oxygen atoms in total. The van der Waals surface area contributed by atoms with Gasteiger partial charge in [0.15, 0.2) is 12.6 Å². The Labute approximate surface area is 376 Å². The molecule has 0 aromatic carbocycles. The Morgan fingerprint density at radius 2 is 1.03 bits per heavy atom. The molecule has 1 aliphatic heterocycles. The third-order valence-electron chi connectivity index (χ3n) is 15.1. The van der Waals surface area contributed by atoms with E-state index in [-0.39, 0.29) is 36.1 Å². The third-order valence-corrected chi connectivity index (χ3v) is 18.3. The van der Waals surface area contributed by atoms with Gasteiger partial charge in [0, 0.05) is 17.5 Å². The Hall–Kier alpha value is -1.81. The van der Waals surface area contributed by atoms with Gasteiger partial charge >= 0.3 is 11.9 Å². The first kappa shape index (κ1) is 48.6. The summed E-state index contributed by atoms with van der Waals surface area (Å²) in [6.07, 6.45) is 29.0. The number of rotatable bonds is 20. The summed E-state index contributed by atoms with van der Waals surface area (Å²) in [6, 6.07) is 0. The van der Waals surface area contributed by atoms with E-state index in [1.807, 2.05) is 0 Å². The molecule has 0 aromatic heterocycles. The zero-order valence-electron chi connectivity index (χ0n) is 37.6. The largest absolute Gasteiger partial charge is 0.430 e. The Bertz CT molecular complexity index is 1440. The topological polar surface area (TPSA) is 116 Å². The van der Waals surface area contributed by atoms with Crippen molar-refractivity contribution in [2.75, 3.05) is 13.2 Å². The number of thioether (sulfide) groups is 2. The van der Waals surface area contributed by atoms with E-state index in [1.165, 1.54) is 113 Å². The van der Waals surface area contributed by atoms with Crippen LogP contribution in [0, 0.1) is 53.9 Å². The molecule has 4 atom stereocenters. The van der Waals surface area contributed by atoms with Crippen LogP contribution in [0.5, 0.6) is 0 Å². The Balaban J connectivity index is 1.06. The number of esters is 2. The molecule has 61 heavy (non-hydrogen) atoms. The van der Waals surface area contributed by atoms with Gasteiger partial charge < -0.3 is 29.2 Å². The van der Waals surface area contributed by atoms with Crippen molar-refractivity contribution in [3.05, 3.63) is 45.0 Å². The number of fused-ring (bicyclic) bond motifs is 1. The number of aliphatic hydroxyl groups is 2. The molecule has 342 valence electrons. The fourth-order valence-corrected chi connectivity index (χ4v) is 14.5. The molecule has 1 heterocycles. The SMILES string of the molecule is [C-]#[N+]C(=C1SC2C(OC(=O)C3CCC(C4CCC(CCCC)CC4)CC3)=CC=C(OC(=O)C3CCC(C4CCC(CCCC)CC4)CC3)C2S1)[C@H](O)OCCCCO[C@H](C)O. The summed E-state index contributed by atoms with van der Waals surface area (Å²) >= 11 is 2.75. The number of ether oxygens (including phenoxy) is 4. The molecule has 6 aliphatic rings. The van der Waals surface area contributed by atoms with Crippen LogP contribution in [0.25, 0.3) is 4.85 Å². The highest BCUT2D eigenvalue weighted by atomic mass is 32.2. The van der Waals surface area contributed by atoms with E-state index in [0.717, 1.165) is 75.0 Å². The normalized spacial score (nSPS) is 32.8. The first-order valence-electron chi connectivity index (χ1n) is 24.6. The van der Waals surface area contributed by atoms with Crippen LogP contribution in [-0.2, 0) is 28.5 Å². The van der Waals surface area contributed by atoms with Crippen LogP contribution in [0.4, 0.5) is 0 Å². The Morgan fingerprint density at radius 1 is 0.639 bits per heavy atom. The van der Waals surface area contributed by atoms with Crippen LogP contribution in [0.3, 0.4) is 0 Å². The van der Waals surface area contributed by atoms with Crippen LogP contribution in [0.2, 0.25) is 0 Å². The zero-order chi connectivity index (χ0) is 43.1. The molecule has 2 N–H and O–H groups in total. The molecule has 0 amide bonds. The van der Waals surface area contributed by atoms with Crippen LogP contribution < -0.4 is 0 Å². The predicted octanol–water partition coefficient (Wildman–Crippen LogP) is 12.2. The maximum Gasteiger partial charge on any atom is 0.314 e. The molecule has 0 radical (unpaired) electrons. The second kappa shape index (κ2) is 25.0. The van der Waals surface area contributed by atoms with Crippen molar-refractivity contribution in [3.8, 4) is 0 Å². The average molecular weight is 884 g/mol. The maximum absolute atomic E-state index is 13.8. The van der Waals surface area contributed by atoms with Gasteiger partial charge in [-0.15, -0.1) is 23.5 Å². The Kier molecular flexibility index (Phi) is 20.0. The molecular weight excluding hydrogens is 807 g/mol. The minimum Gasteiger partial charge on any atom is -0.430 e. The fraction of sp³-hybridized carbons (Fsp3) is 0.820. The molecule has 0 aromatic rings. The minimum absolute atomic E-state index is 0.0800. The van der Waals surface area contributed by atoms with E-state index in [0.29, 0.717) is 47.0 Å². The van der Waals surface area contributed by atoms with E-state index in [2.05, 4.69) is 18.7 Å². The molecule has 0 spiro atoms. The highest BCUT2D eigenvalue weighted by Crippen LogP contribution is 2.56. The van der Waals surface area contributed by atoms with Gasteiger partial charge in [-0.3, -0.25) is 9.59 Å². The summed E-state index contributed by atoms with van der Waals surface area (Å²) in [6.45, 7) is 14.7. The molecule has 6 rings (SSSR count). The van der Waals surface area contributed by atoms with Crippen molar-refractivity contribution >= 4 is 35.5 Å². The first-order valence-corrected chi connectivity index (χ1v) is 26.3. The average Bonchev–Trinajstić information content (AvgIpc) is 3.73. The van der Waals surface area contributed by atoms with Crippen molar-refractivity contribution in [3.63, 3.8) is 0 Å². The number of carbonyl (C=O) groups excluding carboxylic acids is 2. The van der Waals surface area contributed by atoms with Crippen molar-refractivity contribution < 1.29 is 38.7 Å². The molecule has 1 saturated heterocycles. The minimum atomic E-state index is -1.43. The summed E-state index contributed by atoms with van der Waals surface area (Å²) in [4.78, 5) is 31.4. The summed E-state index contributed by atoms with van der Waals surface area (Å²) in [5, 5.41) is 19.6. The van der Waals surface area contributed by atoms with Crippen LogP contribution >= 0.6 is 23.5 Å². The smallest absolute Gasteiger partial charge is 0.314 e. The number of allylic oxidation sites excluding steroid dienone is 2. The van der Waals surface area contributed by atoms with E-state index >= 15 is 0 Å². The molecular formula is C50H77NO8S2. The van der Waals surface area contributed by atoms with E-state index < -0.39 is 23.1 Å².